The summed E-state index contributed by atoms with van der Waals surface area (Å²) in [6.45, 7) is 3.96. The normalized spacial score (nSPS) is 14.5. The monoisotopic (exact) mass is 236 g/mol. The molecule has 0 rings (SSSR count). The molecule has 92 valence electrons. The van der Waals surface area contributed by atoms with Crippen LogP contribution in [0.3, 0.4) is 0 Å². The molecule has 15 heavy (non-hydrogen) atoms. The van der Waals surface area contributed by atoms with E-state index < -0.39 is 9.84 Å². The lowest BCUT2D eigenvalue weighted by Crippen LogP contribution is -2.31. The van der Waals surface area contributed by atoms with Crippen molar-refractivity contribution in [3.63, 3.8) is 0 Å². The van der Waals surface area contributed by atoms with Crippen LogP contribution in [-0.2, 0) is 9.84 Å². The fraction of sp³-hybridized carbons (Fsp3) is 1.00. The van der Waals surface area contributed by atoms with Crippen molar-refractivity contribution in [1.82, 2.24) is 10.2 Å². The van der Waals surface area contributed by atoms with E-state index in [0.29, 0.717) is 12.5 Å². The van der Waals surface area contributed by atoms with Gasteiger partial charge in [0.1, 0.15) is 9.84 Å². The molecule has 0 aromatic rings. The van der Waals surface area contributed by atoms with Crippen LogP contribution in [-0.4, -0.2) is 58.6 Å². The Hall–Kier alpha value is -0.130. The smallest absolute Gasteiger partial charge is 0.147 e. The Morgan fingerprint density at radius 1 is 1.33 bits per heavy atom. The number of rotatable bonds is 8. The van der Waals surface area contributed by atoms with E-state index in [2.05, 4.69) is 31.2 Å². The Bertz CT molecular complexity index is 250. The maximum atomic E-state index is 10.9. The van der Waals surface area contributed by atoms with E-state index in [0.717, 1.165) is 19.5 Å². The minimum absolute atomic E-state index is 0.278. The Balaban J connectivity index is 3.43. The van der Waals surface area contributed by atoms with Crippen LogP contribution in [0.25, 0.3) is 0 Å². The molecule has 0 aliphatic carbocycles. The van der Waals surface area contributed by atoms with Crippen LogP contribution >= 0.6 is 0 Å². The Labute approximate surface area is 94.0 Å². The molecule has 0 aromatic heterocycles. The first-order chi connectivity index (χ1) is 6.81. The van der Waals surface area contributed by atoms with Gasteiger partial charge in [0, 0.05) is 12.3 Å². The van der Waals surface area contributed by atoms with E-state index in [-0.39, 0.29) is 5.75 Å². The first kappa shape index (κ1) is 14.9. The summed E-state index contributed by atoms with van der Waals surface area (Å²) < 4.78 is 21.7. The molecule has 0 aliphatic heterocycles. The van der Waals surface area contributed by atoms with Gasteiger partial charge in [-0.25, -0.2) is 8.42 Å². The average molecular weight is 236 g/mol. The zero-order chi connectivity index (χ0) is 11.9. The third-order valence-corrected chi connectivity index (χ3v) is 3.22. The van der Waals surface area contributed by atoms with Crippen LogP contribution in [0, 0.1) is 0 Å². The molecule has 1 unspecified atom stereocenters. The van der Waals surface area contributed by atoms with Crippen molar-refractivity contribution >= 4 is 9.84 Å². The van der Waals surface area contributed by atoms with Gasteiger partial charge in [0.15, 0.2) is 0 Å². The van der Waals surface area contributed by atoms with Crippen LogP contribution in [0.4, 0.5) is 0 Å². The van der Waals surface area contributed by atoms with Crippen molar-refractivity contribution in [3.8, 4) is 0 Å². The molecule has 0 bridgehead atoms. The quantitative estimate of drug-likeness (QED) is 0.618. The number of hydrogen-bond donors (Lipinski definition) is 1. The molecule has 0 aromatic carbocycles. The van der Waals surface area contributed by atoms with Gasteiger partial charge in [0.2, 0.25) is 0 Å². The lowest BCUT2D eigenvalue weighted by molar-refractivity contribution is 0.366. The highest BCUT2D eigenvalue weighted by Gasteiger charge is 2.04. The molecular weight excluding hydrogens is 212 g/mol. The molecule has 0 saturated carbocycles. The summed E-state index contributed by atoms with van der Waals surface area (Å²) >= 11 is 0. The van der Waals surface area contributed by atoms with Gasteiger partial charge in [-0.05, 0) is 47.0 Å². The lowest BCUT2D eigenvalue weighted by Gasteiger charge is -2.16. The minimum Gasteiger partial charge on any atom is -0.314 e. The number of nitrogens with one attached hydrogen (secondary N) is 1. The van der Waals surface area contributed by atoms with E-state index in [9.17, 15) is 8.42 Å². The summed E-state index contributed by atoms with van der Waals surface area (Å²) in [7, 11) is 1.31. The third-order valence-electron chi connectivity index (χ3n) is 2.19. The van der Waals surface area contributed by atoms with E-state index in [1.165, 1.54) is 6.26 Å². The Morgan fingerprint density at radius 3 is 2.40 bits per heavy atom. The van der Waals surface area contributed by atoms with Gasteiger partial charge in [-0.2, -0.15) is 0 Å². The topological polar surface area (TPSA) is 49.4 Å². The summed E-state index contributed by atoms with van der Waals surface area (Å²) in [6.07, 6.45) is 3.07. The van der Waals surface area contributed by atoms with Crippen molar-refractivity contribution in [1.29, 1.82) is 0 Å². The van der Waals surface area contributed by atoms with Gasteiger partial charge in [-0.1, -0.05) is 0 Å². The second-order valence-electron chi connectivity index (χ2n) is 4.43. The van der Waals surface area contributed by atoms with Gasteiger partial charge in [-0.15, -0.1) is 0 Å². The van der Waals surface area contributed by atoms with Gasteiger partial charge in [0.25, 0.3) is 0 Å². The first-order valence-electron chi connectivity index (χ1n) is 5.37. The van der Waals surface area contributed by atoms with Crippen molar-refractivity contribution in [2.24, 2.45) is 0 Å². The van der Waals surface area contributed by atoms with Crippen LogP contribution < -0.4 is 5.32 Å². The molecule has 0 saturated heterocycles. The van der Waals surface area contributed by atoms with Crippen LogP contribution in [0.5, 0.6) is 0 Å². The molecular formula is C10H24N2O2S. The fourth-order valence-corrected chi connectivity index (χ4v) is 1.91. The first-order valence-corrected chi connectivity index (χ1v) is 7.43. The second kappa shape index (κ2) is 7.19. The number of nitrogens with zero attached hydrogens (tertiary/aromatic N) is 1. The van der Waals surface area contributed by atoms with Crippen molar-refractivity contribution < 1.29 is 8.42 Å². The van der Waals surface area contributed by atoms with E-state index >= 15 is 0 Å². The zero-order valence-corrected chi connectivity index (χ0v) is 11.1. The molecule has 0 spiro atoms. The SMILES string of the molecule is CC(CCN(C)C)NCCCS(C)(=O)=O. The van der Waals surface area contributed by atoms with Crippen LogP contribution in [0.2, 0.25) is 0 Å². The summed E-state index contributed by atoms with van der Waals surface area (Å²) in [5.41, 5.74) is 0. The predicted molar refractivity (Wildman–Crippen MR) is 65.0 cm³/mol. The van der Waals surface area contributed by atoms with Gasteiger partial charge < -0.3 is 10.2 Å². The molecule has 0 heterocycles. The highest BCUT2D eigenvalue weighted by molar-refractivity contribution is 7.90. The van der Waals surface area contributed by atoms with Gasteiger partial charge >= 0.3 is 0 Å². The molecule has 1 atom stereocenters. The largest absolute Gasteiger partial charge is 0.314 e. The van der Waals surface area contributed by atoms with Gasteiger partial charge in [-0.3, -0.25) is 0 Å². The van der Waals surface area contributed by atoms with Crippen LogP contribution in [0.15, 0.2) is 0 Å². The standard InChI is InChI=1S/C10H24N2O2S/c1-10(6-8-12(2)3)11-7-5-9-15(4,13)14/h10-11H,5-9H2,1-4H3. The van der Waals surface area contributed by atoms with Crippen molar-refractivity contribution in [2.45, 2.75) is 25.8 Å². The Morgan fingerprint density at radius 2 is 1.93 bits per heavy atom. The zero-order valence-electron chi connectivity index (χ0n) is 10.3. The van der Waals surface area contributed by atoms with Crippen molar-refractivity contribution in [2.75, 3.05) is 39.2 Å². The summed E-state index contributed by atoms with van der Waals surface area (Å²) in [6, 6.07) is 0.451. The summed E-state index contributed by atoms with van der Waals surface area (Å²) in [4.78, 5) is 2.15. The maximum absolute atomic E-state index is 10.9. The van der Waals surface area contributed by atoms with E-state index in [1.807, 2.05) is 0 Å². The van der Waals surface area contributed by atoms with Gasteiger partial charge in [0.05, 0.1) is 5.75 Å². The highest BCUT2D eigenvalue weighted by Crippen LogP contribution is 1.93. The maximum Gasteiger partial charge on any atom is 0.147 e. The van der Waals surface area contributed by atoms with Crippen LogP contribution in [0.1, 0.15) is 19.8 Å². The molecule has 5 heteroatoms. The molecule has 0 amide bonds. The molecule has 1 N–H and O–H groups in total. The molecule has 0 aliphatic rings. The average Bonchev–Trinajstić information content (AvgIpc) is 2.07. The van der Waals surface area contributed by atoms with E-state index in [4.69, 9.17) is 0 Å². The molecule has 4 nitrogen and oxygen atoms in total. The van der Waals surface area contributed by atoms with Crippen molar-refractivity contribution in [3.05, 3.63) is 0 Å². The molecule has 0 fully saturated rings. The number of hydrogen-bond acceptors (Lipinski definition) is 4. The highest BCUT2D eigenvalue weighted by atomic mass is 32.2. The summed E-state index contributed by atoms with van der Waals surface area (Å²) in [5, 5.41) is 3.32. The van der Waals surface area contributed by atoms with E-state index in [1.54, 1.807) is 0 Å². The lowest BCUT2D eigenvalue weighted by atomic mass is 10.2. The summed E-state index contributed by atoms with van der Waals surface area (Å²) in [5.74, 6) is 0.278. The molecule has 0 radical (unpaired) electrons. The predicted octanol–water partition coefficient (Wildman–Crippen LogP) is 0.351. The fourth-order valence-electron chi connectivity index (χ4n) is 1.24. The minimum atomic E-state index is -2.80. The Kier molecular flexibility index (Phi) is 7.13. The number of sulfone groups is 1. The third kappa shape index (κ3) is 11.8. The second-order valence-corrected chi connectivity index (χ2v) is 6.69.